The smallest absolute Gasteiger partial charge is 0.253 e. The first kappa shape index (κ1) is 19.0. The van der Waals surface area contributed by atoms with Gasteiger partial charge in [-0.25, -0.2) is 18.1 Å². The van der Waals surface area contributed by atoms with Crippen molar-refractivity contribution in [2.45, 2.75) is 25.3 Å². The zero-order valence-corrected chi connectivity index (χ0v) is 16.0. The summed E-state index contributed by atoms with van der Waals surface area (Å²) in [6, 6.07) is 16.0. The molecule has 1 N–H and O–H groups in total. The minimum Gasteiger partial charge on any atom is -0.298 e. The molecule has 27 heavy (non-hydrogen) atoms. The molecule has 0 saturated carbocycles. The third-order valence-electron chi connectivity index (χ3n) is 4.21. The number of benzene rings is 2. The van der Waals surface area contributed by atoms with Gasteiger partial charge in [-0.2, -0.15) is 0 Å². The number of aromatic nitrogens is 2. The monoisotopic (exact) mass is 383 g/mol. The van der Waals surface area contributed by atoms with E-state index in [0.29, 0.717) is 11.3 Å². The Kier molecular flexibility index (Phi) is 5.53. The highest BCUT2D eigenvalue weighted by Crippen LogP contribution is 2.16. The number of nitrogens with one attached hydrogen (secondary N) is 1. The van der Waals surface area contributed by atoms with Gasteiger partial charge in [0, 0.05) is 24.7 Å². The van der Waals surface area contributed by atoms with Crippen LogP contribution in [0.4, 0.5) is 0 Å². The molecule has 0 spiro atoms. The van der Waals surface area contributed by atoms with Crippen LogP contribution in [0.25, 0.3) is 11.3 Å². The Morgan fingerprint density at radius 1 is 1.04 bits per heavy atom. The lowest BCUT2D eigenvalue weighted by molar-refractivity contribution is 0.568. The summed E-state index contributed by atoms with van der Waals surface area (Å²) in [6.07, 6.45) is 1.44. The van der Waals surface area contributed by atoms with E-state index in [0.717, 1.165) is 11.1 Å². The van der Waals surface area contributed by atoms with Crippen molar-refractivity contribution in [3.63, 3.8) is 0 Å². The van der Waals surface area contributed by atoms with Crippen molar-refractivity contribution >= 4 is 10.0 Å². The third kappa shape index (κ3) is 4.50. The van der Waals surface area contributed by atoms with Gasteiger partial charge in [-0.1, -0.05) is 48.0 Å². The van der Waals surface area contributed by atoms with Crippen molar-refractivity contribution in [2.75, 3.05) is 6.54 Å². The van der Waals surface area contributed by atoms with E-state index in [1.54, 1.807) is 19.1 Å². The Balaban J connectivity index is 1.69. The number of hydrogen-bond acceptors (Lipinski definition) is 4. The molecule has 0 aliphatic heterocycles. The van der Waals surface area contributed by atoms with Crippen LogP contribution in [0.3, 0.4) is 0 Å². The van der Waals surface area contributed by atoms with Crippen LogP contribution in [0.15, 0.2) is 70.6 Å². The van der Waals surface area contributed by atoms with E-state index < -0.39 is 10.0 Å². The standard InChI is InChI=1S/C20H21N3O3S/c1-15-8-9-19(16(2)12-15)27(25,26)22-10-11-23-14-21-18(13-20(23)24)17-6-4-3-5-7-17/h3-9,12-14,22H,10-11H2,1-2H3. The fourth-order valence-electron chi connectivity index (χ4n) is 2.84. The molecule has 7 heteroatoms. The highest BCUT2D eigenvalue weighted by Gasteiger charge is 2.16. The number of sulfonamides is 1. The van der Waals surface area contributed by atoms with Crippen molar-refractivity contribution in [2.24, 2.45) is 0 Å². The first-order valence-electron chi connectivity index (χ1n) is 8.56. The maximum atomic E-state index is 12.5. The summed E-state index contributed by atoms with van der Waals surface area (Å²) in [5, 5.41) is 0. The van der Waals surface area contributed by atoms with Crippen LogP contribution in [-0.2, 0) is 16.6 Å². The normalized spacial score (nSPS) is 11.5. The van der Waals surface area contributed by atoms with Crippen LogP contribution in [0.2, 0.25) is 0 Å². The van der Waals surface area contributed by atoms with Crippen LogP contribution >= 0.6 is 0 Å². The fourth-order valence-corrected chi connectivity index (χ4v) is 4.09. The molecule has 3 rings (SSSR count). The molecule has 0 fully saturated rings. The lowest BCUT2D eigenvalue weighted by Gasteiger charge is -2.11. The second-order valence-corrected chi connectivity index (χ2v) is 8.07. The summed E-state index contributed by atoms with van der Waals surface area (Å²) in [5.41, 5.74) is 2.91. The van der Waals surface area contributed by atoms with Crippen molar-refractivity contribution < 1.29 is 8.42 Å². The van der Waals surface area contributed by atoms with Crippen LogP contribution in [0.5, 0.6) is 0 Å². The van der Waals surface area contributed by atoms with Gasteiger partial charge in [0.05, 0.1) is 16.9 Å². The van der Waals surface area contributed by atoms with Gasteiger partial charge in [-0.3, -0.25) is 9.36 Å². The molecule has 1 aromatic heterocycles. The molecule has 3 aromatic rings. The molecular formula is C20H21N3O3S. The quantitative estimate of drug-likeness (QED) is 0.709. The van der Waals surface area contributed by atoms with Crippen LogP contribution in [0, 0.1) is 13.8 Å². The lowest BCUT2D eigenvalue weighted by Crippen LogP contribution is -2.31. The minimum absolute atomic E-state index is 0.0991. The molecular weight excluding hydrogens is 362 g/mol. The Bertz CT molecular complexity index is 1110. The van der Waals surface area contributed by atoms with Gasteiger partial charge >= 0.3 is 0 Å². The molecule has 0 saturated heterocycles. The zero-order valence-electron chi connectivity index (χ0n) is 15.2. The second-order valence-electron chi connectivity index (χ2n) is 6.34. The van der Waals surface area contributed by atoms with E-state index in [9.17, 15) is 13.2 Å². The molecule has 140 valence electrons. The summed E-state index contributed by atoms with van der Waals surface area (Å²) < 4.78 is 28.9. The summed E-state index contributed by atoms with van der Waals surface area (Å²) in [4.78, 5) is 16.8. The first-order valence-corrected chi connectivity index (χ1v) is 10.0. The van der Waals surface area contributed by atoms with E-state index in [1.165, 1.54) is 17.0 Å². The van der Waals surface area contributed by atoms with Crippen molar-refractivity contribution in [3.05, 3.63) is 82.4 Å². The van der Waals surface area contributed by atoms with Crippen LogP contribution in [-0.4, -0.2) is 24.5 Å². The fraction of sp³-hybridized carbons (Fsp3) is 0.200. The molecule has 0 amide bonds. The van der Waals surface area contributed by atoms with Gasteiger partial charge in [0.15, 0.2) is 0 Å². The van der Waals surface area contributed by atoms with E-state index >= 15 is 0 Å². The topological polar surface area (TPSA) is 81.1 Å². The average molecular weight is 383 g/mol. The van der Waals surface area contributed by atoms with Gasteiger partial charge in [-0.15, -0.1) is 0 Å². The van der Waals surface area contributed by atoms with Crippen molar-refractivity contribution in [3.8, 4) is 11.3 Å². The second kappa shape index (κ2) is 7.85. The Labute approximate surface area is 158 Å². The van der Waals surface area contributed by atoms with Gasteiger partial charge in [0.1, 0.15) is 0 Å². The number of hydrogen-bond donors (Lipinski definition) is 1. The first-order chi connectivity index (χ1) is 12.9. The number of rotatable bonds is 6. The molecule has 1 heterocycles. The van der Waals surface area contributed by atoms with Gasteiger partial charge in [0.25, 0.3) is 5.56 Å². The van der Waals surface area contributed by atoms with Crippen molar-refractivity contribution in [1.29, 1.82) is 0 Å². The largest absolute Gasteiger partial charge is 0.298 e. The summed E-state index contributed by atoms with van der Waals surface area (Å²) >= 11 is 0. The SMILES string of the molecule is Cc1ccc(S(=O)(=O)NCCn2cnc(-c3ccccc3)cc2=O)c(C)c1. The number of nitrogens with zero attached hydrogens (tertiary/aromatic N) is 2. The molecule has 0 aliphatic rings. The van der Waals surface area contributed by atoms with Crippen LogP contribution in [0.1, 0.15) is 11.1 Å². The van der Waals surface area contributed by atoms with Crippen molar-refractivity contribution in [1.82, 2.24) is 14.3 Å². The predicted molar refractivity (Wildman–Crippen MR) is 105 cm³/mol. The predicted octanol–water partition coefficient (Wildman–Crippen LogP) is 2.51. The van der Waals surface area contributed by atoms with Gasteiger partial charge < -0.3 is 0 Å². The average Bonchev–Trinajstić information content (AvgIpc) is 2.63. The van der Waals surface area contributed by atoms with E-state index in [2.05, 4.69) is 9.71 Å². The summed E-state index contributed by atoms with van der Waals surface area (Å²) in [6.45, 7) is 3.97. The molecule has 6 nitrogen and oxygen atoms in total. The Hall–Kier alpha value is -2.77. The van der Waals surface area contributed by atoms with Gasteiger partial charge in [0.2, 0.25) is 10.0 Å². The Morgan fingerprint density at radius 3 is 2.44 bits per heavy atom. The maximum absolute atomic E-state index is 12.5. The molecule has 0 radical (unpaired) electrons. The molecule has 0 atom stereocenters. The zero-order chi connectivity index (χ0) is 19.4. The summed E-state index contributed by atoms with van der Waals surface area (Å²) in [7, 11) is -3.63. The highest BCUT2D eigenvalue weighted by atomic mass is 32.2. The summed E-state index contributed by atoms with van der Waals surface area (Å²) in [5.74, 6) is 0. The molecule has 0 aliphatic carbocycles. The highest BCUT2D eigenvalue weighted by molar-refractivity contribution is 7.89. The molecule has 0 bridgehead atoms. The molecule has 0 unspecified atom stereocenters. The Morgan fingerprint density at radius 2 is 1.78 bits per heavy atom. The maximum Gasteiger partial charge on any atom is 0.253 e. The molecule has 2 aromatic carbocycles. The van der Waals surface area contributed by atoms with Gasteiger partial charge in [-0.05, 0) is 25.5 Å². The lowest BCUT2D eigenvalue weighted by atomic mass is 10.1. The third-order valence-corrected chi connectivity index (χ3v) is 5.84. The number of aryl methyl sites for hydroxylation is 2. The minimum atomic E-state index is -3.63. The van der Waals surface area contributed by atoms with E-state index in [1.807, 2.05) is 43.3 Å². The van der Waals surface area contributed by atoms with E-state index in [-0.39, 0.29) is 23.5 Å². The van der Waals surface area contributed by atoms with Crippen LogP contribution < -0.4 is 10.3 Å². The van der Waals surface area contributed by atoms with E-state index in [4.69, 9.17) is 0 Å².